The van der Waals surface area contributed by atoms with Gasteiger partial charge in [-0.25, -0.2) is 4.39 Å². The number of nitrogens with zero attached hydrogens (tertiary/aromatic N) is 3. The number of H-pyrrole nitrogens is 1. The van der Waals surface area contributed by atoms with Crippen LogP contribution in [-0.4, -0.2) is 120 Å². The molecule has 0 aliphatic carbocycles. The maximum absolute atomic E-state index is 13.9. The molecular formula is C43H52FN9O6. The van der Waals surface area contributed by atoms with Gasteiger partial charge in [0, 0.05) is 98.2 Å². The lowest BCUT2D eigenvalue weighted by Gasteiger charge is -2.34. The van der Waals surface area contributed by atoms with Crippen LogP contribution in [0.4, 0.5) is 15.8 Å². The molecule has 1 unspecified atom stereocenters. The van der Waals surface area contributed by atoms with Crippen LogP contribution in [0.1, 0.15) is 87.3 Å². The van der Waals surface area contributed by atoms with Crippen molar-refractivity contribution in [3.8, 4) is 0 Å². The Balaban J connectivity index is 0.745. The minimum Gasteiger partial charge on any atom is -0.385 e. The Morgan fingerprint density at radius 3 is 2.44 bits per heavy atom. The highest BCUT2D eigenvalue weighted by Crippen LogP contribution is 2.35. The smallest absolute Gasteiger partial charge is 0.256 e. The number of aromatic nitrogens is 1. The van der Waals surface area contributed by atoms with Gasteiger partial charge < -0.3 is 36.1 Å². The highest BCUT2D eigenvalue weighted by atomic mass is 19.1. The summed E-state index contributed by atoms with van der Waals surface area (Å²) in [6, 6.07) is 9.07. The Kier molecular flexibility index (Phi) is 12.9. The third kappa shape index (κ3) is 9.55. The van der Waals surface area contributed by atoms with Crippen LogP contribution >= 0.6 is 0 Å². The number of unbranched alkanes of at least 4 members (excludes halogenated alkanes) is 2. The topological polar surface area (TPSA) is 188 Å². The molecule has 0 saturated carbocycles. The monoisotopic (exact) mass is 809 g/mol. The van der Waals surface area contributed by atoms with E-state index in [0.29, 0.717) is 84.0 Å². The molecule has 1 aromatic heterocycles. The number of piperazine rings is 1. The number of benzene rings is 2. The number of imide groups is 1. The standard InChI is InChI=1S/C43H52FN9O6/c1-26-35(23-31-30-22-28(44)10-11-34(30)49-40(31)56)48-27(2)39(26)42(58)47-16-7-17-51-18-20-52(21-19-51)25-38(55)46-15-5-3-4-14-45-33-9-6-8-29-32(33)24-53(43(29)59)36-12-13-37(54)50-41(36)57/h6,8-11,22-23,36,45,48H,3-5,7,12-21,24-25H2,1-2H3,(H,46,55)(H,47,58)(H,49,56)(H,50,54,57)/b31-23-. The van der Waals surface area contributed by atoms with Gasteiger partial charge in [0.15, 0.2) is 0 Å². The number of amides is 6. The number of nitrogens with one attached hydrogen (secondary N) is 6. The molecule has 59 heavy (non-hydrogen) atoms. The molecular weight excluding hydrogens is 758 g/mol. The summed E-state index contributed by atoms with van der Waals surface area (Å²) in [7, 11) is 0. The number of hydrogen-bond acceptors (Lipinski definition) is 9. The van der Waals surface area contributed by atoms with Gasteiger partial charge in [-0.1, -0.05) is 6.07 Å². The lowest BCUT2D eigenvalue weighted by Crippen LogP contribution is -2.52. The van der Waals surface area contributed by atoms with E-state index < -0.39 is 17.8 Å². The van der Waals surface area contributed by atoms with Crippen molar-refractivity contribution in [2.45, 2.75) is 65.0 Å². The van der Waals surface area contributed by atoms with E-state index in [4.69, 9.17) is 0 Å². The zero-order valence-corrected chi connectivity index (χ0v) is 33.6. The van der Waals surface area contributed by atoms with E-state index in [1.165, 1.54) is 18.2 Å². The van der Waals surface area contributed by atoms with Gasteiger partial charge in [0.1, 0.15) is 11.9 Å². The normalized spacial score (nSPS) is 18.8. The predicted octanol–water partition coefficient (Wildman–Crippen LogP) is 3.16. The zero-order chi connectivity index (χ0) is 41.6. The molecule has 16 heteroatoms. The number of hydrogen-bond donors (Lipinski definition) is 6. The Labute approximate surface area is 342 Å². The minimum atomic E-state index is -0.642. The number of carbonyl (C=O) groups is 6. The molecule has 312 valence electrons. The molecule has 6 N–H and O–H groups in total. The number of rotatable bonds is 16. The molecule has 0 spiro atoms. The molecule has 0 bridgehead atoms. The molecule has 1 atom stereocenters. The highest BCUT2D eigenvalue weighted by molar-refractivity contribution is 6.35. The Morgan fingerprint density at radius 1 is 0.881 bits per heavy atom. The summed E-state index contributed by atoms with van der Waals surface area (Å²) in [5, 5.41) is 14.6. The van der Waals surface area contributed by atoms with Crippen LogP contribution < -0.4 is 26.6 Å². The molecule has 6 amide bonds. The predicted molar refractivity (Wildman–Crippen MR) is 221 cm³/mol. The number of piperidine rings is 1. The largest absolute Gasteiger partial charge is 0.385 e. The van der Waals surface area contributed by atoms with E-state index in [2.05, 4.69) is 41.4 Å². The molecule has 0 radical (unpaired) electrons. The summed E-state index contributed by atoms with van der Waals surface area (Å²) in [4.78, 5) is 84.7. The van der Waals surface area contributed by atoms with Gasteiger partial charge in [-0.2, -0.15) is 0 Å². The summed E-state index contributed by atoms with van der Waals surface area (Å²) in [5.74, 6) is -1.84. The Hall–Kier alpha value is -5.87. The molecule has 2 saturated heterocycles. The number of fused-ring (bicyclic) bond motifs is 2. The molecule has 2 fully saturated rings. The van der Waals surface area contributed by atoms with Gasteiger partial charge in [-0.15, -0.1) is 0 Å². The molecule has 15 nitrogen and oxygen atoms in total. The lowest BCUT2D eigenvalue weighted by molar-refractivity contribution is -0.137. The second-order valence-corrected chi connectivity index (χ2v) is 15.7. The van der Waals surface area contributed by atoms with E-state index in [9.17, 15) is 33.2 Å². The molecule has 4 aliphatic heterocycles. The quantitative estimate of drug-likeness (QED) is 0.0718. The number of halogens is 1. The van der Waals surface area contributed by atoms with Gasteiger partial charge in [0.25, 0.3) is 17.7 Å². The van der Waals surface area contributed by atoms with Crippen molar-refractivity contribution in [2.24, 2.45) is 0 Å². The second kappa shape index (κ2) is 18.4. The van der Waals surface area contributed by atoms with Crippen molar-refractivity contribution in [2.75, 3.05) is 69.5 Å². The SMILES string of the molecule is Cc1[nH]c(/C=C2\C(=O)Nc3ccc(F)cc32)c(C)c1C(=O)NCCCN1CCN(CC(=O)NCCCCCNc2cccc3c2CN(C2CCC(=O)NC2=O)C3=O)CC1. The van der Waals surface area contributed by atoms with Crippen molar-refractivity contribution < 1.29 is 33.2 Å². The van der Waals surface area contributed by atoms with Crippen LogP contribution in [0.25, 0.3) is 11.6 Å². The van der Waals surface area contributed by atoms with E-state index in [1.807, 2.05) is 26.0 Å². The fraction of sp³-hybridized carbons (Fsp3) is 0.442. The third-order valence-electron chi connectivity index (χ3n) is 11.6. The van der Waals surface area contributed by atoms with Crippen LogP contribution in [0.2, 0.25) is 0 Å². The van der Waals surface area contributed by atoms with Gasteiger partial charge >= 0.3 is 0 Å². The summed E-state index contributed by atoms with van der Waals surface area (Å²) in [6.07, 6.45) is 5.66. The summed E-state index contributed by atoms with van der Waals surface area (Å²) >= 11 is 0. The number of carbonyl (C=O) groups excluding carboxylic acids is 6. The van der Waals surface area contributed by atoms with Crippen molar-refractivity contribution in [1.82, 2.24) is 35.6 Å². The molecule has 3 aromatic rings. The minimum absolute atomic E-state index is 0.0179. The van der Waals surface area contributed by atoms with Gasteiger partial charge in [0.05, 0.1) is 17.7 Å². The number of aryl methyl sites for hydroxylation is 1. The first kappa shape index (κ1) is 41.3. The first-order chi connectivity index (χ1) is 28.5. The third-order valence-corrected chi connectivity index (χ3v) is 11.6. The summed E-state index contributed by atoms with van der Waals surface area (Å²) in [5.41, 5.74) is 6.27. The molecule has 7 rings (SSSR count). The number of aromatic amines is 1. The average molecular weight is 810 g/mol. The maximum Gasteiger partial charge on any atom is 0.256 e. The Bertz CT molecular complexity index is 2180. The fourth-order valence-corrected chi connectivity index (χ4v) is 8.36. The first-order valence-corrected chi connectivity index (χ1v) is 20.5. The van der Waals surface area contributed by atoms with Gasteiger partial charge in [0.2, 0.25) is 17.7 Å². The molecule has 2 aromatic carbocycles. The van der Waals surface area contributed by atoms with E-state index in [-0.39, 0.29) is 36.0 Å². The van der Waals surface area contributed by atoms with Crippen molar-refractivity contribution in [3.05, 3.63) is 81.4 Å². The maximum atomic E-state index is 13.9. The molecule has 5 heterocycles. The summed E-state index contributed by atoms with van der Waals surface area (Å²) in [6.45, 7) is 10.3. The average Bonchev–Trinajstić information content (AvgIpc) is 3.81. The van der Waals surface area contributed by atoms with Gasteiger partial charge in [-0.05, 0) is 94.5 Å². The van der Waals surface area contributed by atoms with Gasteiger partial charge in [-0.3, -0.25) is 39.0 Å². The first-order valence-electron chi connectivity index (χ1n) is 20.5. The molecule has 4 aliphatic rings. The van der Waals surface area contributed by atoms with Crippen molar-refractivity contribution >= 4 is 58.5 Å². The van der Waals surface area contributed by atoms with Crippen molar-refractivity contribution in [3.63, 3.8) is 0 Å². The highest BCUT2D eigenvalue weighted by Gasteiger charge is 2.40. The van der Waals surface area contributed by atoms with Crippen LogP contribution in [0.15, 0.2) is 36.4 Å². The van der Waals surface area contributed by atoms with E-state index in [1.54, 1.807) is 17.0 Å². The zero-order valence-electron chi connectivity index (χ0n) is 33.6. The lowest BCUT2D eigenvalue weighted by atomic mass is 10.0. The second-order valence-electron chi connectivity index (χ2n) is 15.7. The van der Waals surface area contributed by atoms with E-state index in [0.717, 1.165) is 69.7 Å². The Morgan fingerprint density at radius 2 is 1.64 bits per heavy atom. The summed E-state index contributed by atoms with van der Waals surface area (Å²) < 4.78 is 13.9. The fourth-order valence-electron chi connectivity index (χ4n) is 8.36. The van der Waals surface area contributed by atoms with Crippen molar-refractivity contribution in [1.29, 1.82) is 0 Å². The van der Waals surface area contributed by atoms with Crippen LogP contribution in [0, 0.1) is 19.7 Å². The number of anilines is 2. The van der Waals surface area contributed by atoms with Crippen LogP contribution in [0.3, 0.4) is 0 Å². The van der Waals surface area contributed by atoms with Crippen LogP contribution in [-0.2, 0) is 25.7 Å². The van der Waals surface area contributed by atoms with Crippen LogP contribution in [0.5, 0.6) is 0 Å². The van der Waals surface area contributed by atoms with E-state index >= 15 is 0 Å².